The molecule has 0 bridgehead atoms. The summed E-state index contributed by atoms with van der Waals surface area (Å²) >= 11 is 0. The van der Waals surface area contributed by atoms with Gasteiger partial charge in [-0.25, -0.2) is 0 Å². The molecule has 2 rings (SSSR count). The van der Waals surface area contributed by atoms with E-state index < -0.39 is 17.8 Å². The molecule has 1 aromatic carbocycles. The highest BCUT2D eigenvalue weighted by Gasteiger charge is 2.33. The van der Waals surface area contributed by atoms with Gasteiger partial charge in [0.05, 0.1) is 14.2 Å². The first-order valence-corrected chi connectivity index (χ1v) is 8.72. The van der Waals surface area contributed by atoms with E-state index in [9.17, 15) is 14.7 Å². The minimum absolute atomic E-state index is 0.230. The molecule has 0 aromatic heterocycles. The topological polar surface area (TPSA) is 87.7 Å². The minimum Gasteiger partial charge on any atom is -0.550 e. The summed E-state index contributed by atoms with van der Waals surface area (Å²) in [4.78, 5) is 23.9. The molecule has 6 heteroatoms. The van der Waals surface area contributed by atoms with Gasteiger partial charge in [0.25, 0.3) is 0 Å². The number of amides is 1. The van der Waals surface area contributed by atoms with E-state index in [0.717, 1.165) is 16.7 Å². The lowest BCUT2D eigenvalue weighted by Gasteiger charge is -2.32. The molecule has 0 saturated heterocycles. The smallest absolute Gasteiger partial charge is 0.224 e. The molecular formula is C20H26NO5-. The maximum Gasteiger partial charge on any atom is 0.224 e. The van der Waals surface area contributed by atoms with Crippen molar-refractivity contribution in [3.8, 4) is 11.5 Å². The second kappa shape index (κ2) is 8.74. The van der Waals surface area contributed by atoms with E-state index in [-0.39, 0.29) is 5.91 Å². The van der Waals surface area contributed by atoms with Crippen LogP contribution in [0.1, 0.15) is 32.3 Å². The van der Waals surface area contributed by atoms with Gasteiger partial charge in [-0.05, 0) is 50.8 Å². The number of hydrogen-bond acceptors (Lipinski definition) is 5. The highest BCUT2D eigenvalue weighted by molar-refractivity contribution is 5.85. The molecule has 1 N–H and O–H groups in total. The van der Waals surface area contributed by atoms with Gasteiger partial charge in [0.15, 0.2) is 11.5 Å². The number of allylic oxidation sites excluding steroid dienone is 2. The molecule has 2 atom stereocenters. The molecule has 0 heterocycles. The summed E-state index contributed by atoms with van der Waals surface area (Å²) in [5.74, 6) is -1.44. The Kier molecular flexibility index (Phi) is 6.66. The van der Waals surface area contributed by atoms with Crippen molar-refractivity contribution in [2.45, 2.75) is 33.1 Å². The number of hydrogen-bond donors (Lipinski definition) is 1. The van der Waals surface area contributed by atoms with Gasteiger partial charge in [0.2, 0.25) is 5.91 Å². The fraction of sp³-hybridized carbons (Fsp3) is 0.500. The lowest BCUT2D eigenvalue weighted by atomic mass is 9.76. The van der Waals surface area contributed by atoms with Crippen molar-refractivity contribution < 1.29 is 24.2 Å². The van der Waals surface area contributed by atoms with Gasteiger partial charge in [-0.15, -0.1) is 0 Å². The van der Waals surface area contributed by atoms with Crippen molar-refractivity contribution in [3.63, 3.8) is 0 Å². The van der Waals surface area contributed by atoms with Gasteiger partial charge in [-0.2, -0.15) is 0 Å². The largest absolute Gasteiger partial charge is 0.550 e. The van der Waals surface area contributed by atoms with E-state index in [1.54, 1.807) is 14.2 Å². The fourth-order valence-corrected chi connectivity index (χ4v) is 3.31. The number of benzene rings is 1. The van der Waals surface area contributed by atoms with Gasteiger partial charge in [0.1, 0.15) is 0 Å². The standard InChI is InChI=1S/C20H27NO5/c1-12-9-15(16(20(23)24)10-13(12)2)19(22)21-8-7-14-5-6-17(25-3)18(11-14)26-4/h5-6,11,15-16H,7-10H2,1-4H3,(H,21,22)(H,23,24)/p-1/t15-,16+/m0/s1. The summed E-state index contributed by atoms with van der Waals surface area (Å²) < 4.78 is 10.5. The number of rotatable bonds is 7. The van der Waals surface area contributed by atoms with Gasteiger partial charge < -0.3 is 24.7 Å². The third-order valence-electron chi connectivity index (χ3n) is 5.07. The number of carboxylic acids is 1. The van der Waals surface area contributed by atoms with Crippen LogP contribution in [0, 0.1) is 11.8 Å². The Morgan fingerprint density at radius 3 is 2.27 bits per heavy atom. The van der Waals surface area contributed by atoms with Crippen LogP contribution in [0.5, 0.6) is 11.5 Å². The van der Waals surface area contributed by atoms with Gasteiger partial charge in [0, 0.05) is 24.3 Å². The number of carbonyl (C=O) groups excluding carboxylic acids is 2. The molecule has 0 aliphatic heterocycles. The maximum absolute atomic E-state index is 12.5. The van der Waals surface area contributed by atoms with Crippen molar-refractivity contribution in [2.24, 2.45) is 11.8 Å². The molecular weight excluding hydrogens is 334 g/mol. The molecule has 0 unspecified atom stereocenters. The van der Waals surface area contributed by atoms with E-state index in [0.29, 0.717) is 37.3 Å². The normalized spacial score (nSPS) is 19.8. The first-order chi connectivity index (χ1) is 12.4. The van der Waals surface area contributed by atoms with Crippen LogP contribution >= 0.6 is 0 Å². The third kappa shape index (κ3) is 4.56. The van der Waals surface area contributed by atoms with Crippen molar-refractivity contribution in [1.29, 1.82) is 0 Å². The molecule has 1 aliphatic carbocycles. The van der Waals surface area contributed by atoms with Gasteiger partial charge >= 0.3 is 0 Å². The second-order valence-electron chi connectivity index (χ2n) is 6.73. The summed E-state index contributed by atoms with van der Waals surface area (Å²) in [6.07, 6.45) is 1.46. The van der Waals surface area contributed by atoms with Crippen molar-refractivity contribution in [3.05, 3.63) is 34.9 Å². The number of nitrogens with one attached hydrogen (secondary N) is 1. The van der Waals surface area contributed by atoms with Gasteiger partial charge in [-0.3, -0.25) is 4.79 Å². The molecule has 142 valence electrons. The lowest BCUT2D eigenvalue weighted by Crippen LogP contribution is -2.45. The predicted octanol–water partition coefficient (Wildman–Crippen LogP) is 1.47. The molecule has 1 aliphatic rings. The zero-order chi connectivity index (χ0) is 19.3. The van der Waals surface area contributed by atoms with E-state index in [1.807, 2.05) is 32.0 Å². The van der Waals surface area contributed by atoms with E-state index >= 15 is 0 Å². The molecule has 0 radical (unpaired) electrons. The Balaban J connectivity index is 1.97. The fourth-order valence-electron chi connectivity index (χ4n) is 3.31. The van der Waals surface area contributed by atoms with E-state index in [1.165, 1.54) is 0 Å². The number of ether oxygens (including phenoxy) is 2. The quantitative estimate of drug-likeness (QED) is 0.744. The van der Waals surface area contributed by atoms with Crippen LogP contribution in [0.4, 0.5) is 0 Å². The third-order valence-corrected chi connectivity index (χ3v) is 5.07. The minimum atomic E-state index is -1.16. The lowest BCUT2D eigenvalue weighted by molar-refractivity contribution is -0.313. The van der Waals surface area contributed by atoms with Crippen molar-refractivity contribution >= 4 is 11.9 Å². The summed E-state index contributed by atoms with van der Waals surface area (Å²) in [5.41, 5.74) is 3.12. The average molecular weight is 360 g/mol. The van der Waals surface area contributed by atoms with Gasteiger partial charge in [-0.1, -0.05) is 17.2 Å². The first-order valence-electron chi connectivity index (χ1n) is 8.72. The Bertz CT molecular complexity index is 710. The van der Waals surface area contributed by atoms with Crippen LogP contribution in [0.3, 0.4) is 0 Å². The molecule has 26 heavy (non-hydrogen) atoms. The van der Waals surface area contributed by atoms with Crippen LogP contribution in [0.2, 0.25) is 0 Å². The number of methoxy groups -OCH3 is 2. The monoisotopic (exact) mass is 360 g/mol. The molecule has 1 amide bonds. The number of carbonyl (C=O) groups is 2. The highest BCUT2D eigenvalue weighted by atomic mass is 16.5. The van der Waals surface area contributed by atoms with Crippen molar-refractivity contribution in [2.75, 3.05) is 20.8 Å². The maximum atomic E-state index is 12.5. The average Bonchev–Trinajstić information content (AvgIpc) is 2.63. The van der Waals surface area contributed by atoms with Crippen LogP contribution in [-0.4, -0.2) is 32.6 Å². The highest BCUT2D eigenvalue weighted by Crippen LogP contribution is 2.34. The SMILES string of the molecule is COc1ccc(CCNC(=O)[C@H]2CC(C)=C(C)C[C@H]2C(=O)[O-])cc1OC. The Morgan fingerprint density at radius 1 is 1.08 bits per heavy atom. The number of carboxylic acid groups (broad SMARTS) is 1. The van der Waals surface area contributed by atoms with E-state index in [4.69, 9.17) is 9.47 Å². The Morgan fingerprint density at radius 2 is 1.69 bits per heavy atom. The molecule has 0 saturated carbocycles. The molecule has 1 aromatic rings. The predicted molar refractivity (Wildman–Crippen MR) is 95.9 cm³/mol. The van der Waals surface area contributed by atoms with Crippen LogP contribution in [-0.2, 0) is 16.0 Å². The second-order valence-corrected chi connectivity index (χ2v) is 6.73. The van der Waals surface area contributed by atoms with Crippen molar-refractivity contribution in [1.82, 2.24) is 5.32 Å². The summed E-state index contributed by atoms with van der Waals surface area (Å²) in [7, 11) is 3.15. The molecule has 6 nitrogen and oxygen atoms in total. The van der Waals surface area contributed by atoms with Crippen LogP contribution in [0.25, 0.3) is 0 Å². The summed E-state index contributed by atoms with van der Waals surface area (Å²) in [6, 6.07) is 5.60. The molecule has 0 spiro atoms. The zero-order valence-corrected chi connectivity index (χ0v) is 15.8. The Hall–Kier alpha value is -2.50. The molecule has 0 fully saturated rings. The first kappa shape index (κ1) is 19.8. The Labute approximate surface area is 154 Å². The summed E-state index contributed by atoms with van der Waals surface area (Å²) in [6.45, 7) is 4.29. The number of aliphatic carboxylic acids is 1. The zero-order valence-electron chi connectivity index (χ0n) is 15.8. The van der Waals surface area contributed by atoms with E-state index in [2.05, 4.69) is 5.32 Å². The summed E-state index contributed by atoms with van der Waals surface area (Å²) in [5, 5.41) is 14.3. The van der Waals surface area contributed by atoms with Crippen LogP contribution < -0.4 is 19.9 Å². The van der Waals surface area contributed by atoms with Crippen LogP contribution in [0.15, 0.2) is 29.3 Å².